The fourth-order valence-corrected chi connectivity index (χ4v) is 9.83. The van der Waals surface area contributed by atoms with Crippen molar-refractivity contribution in [2.24, 2.45) is 0 Å². The molecule has 0 aliphatic heterocycles. The smallest absolute Gasteiger partial charge is 0.0541 e. The average molecular weight is 739 g/mol. The second-order valence-corrected chi connectivity index (χ2v) is 15.8. The third-order valence-electron chi connectivity index (χ3n) is 12.6. The molecular formula is C56H38N2. The molecule has 0 radical (unpaired) electrons. The van der Waals surface area contributed by atoms with E-state index < -0.39 is 0 Å². The number of aryl methyl sites for hydroxylation is 2. The lowest BCUT2D eigenvalue weighted by Crippen LogP contribution is -1.97. The first-order valence-electron chi connectivity index (χ1n) is 20.2. The van der Waals surface area contributed by atoms with E-state index >= 15 is 0 Å². The van der Waals surface area contributed by atoms with Gasteiger partial charge in [-0.3, -0.25) is 0 Å². The molecule has 0 bridgehead atoms. The number of benzene rings is 10. The molecule has 58 heavy (non-hydrogen) atoms. The summed E-state index contributed by atoms with van der Waals surface area (Å²) >= 11 is 0. The first-order chi connectivity index (χ1) is 28.6. The van der Waals surface area contributed by atoms with Crippen molar-refractivity contribution in [3.63, 3.8) is 0 Å². The minimum atomic E-state index is 1.16. The van der Waals surface area contributed by atoms with Crippen LogP contribution >= 0.6 is 0 Å². The van der Waals surface area contributed by atoms with Gasteiger partial charge in [-0.1, -0.05) is 127 Å². The van der Waals surface area contributed by atoms with Crippen molar-refractivity contribution in [3.05, 3.63) is 205 Å². The number of hydrogen-bond acceptors (Lipinski definition) is 0. The molecule has 12 rings (SSSR count). The predicted octanol–water partition coefficient (Wildman–Crippen LogP) is 15.3. The Labute approximate surface area is 336 Å². The maximum atomic E-state index is 2.45. The van der Waals surface area contributed by atoms with E-state index in [1.807, 2.05) is 0 Å². The van der Waals surface area contributed by atoms with Crippen LogP contribution in [0.2, 0.25) is 0 Å². The van der Waals surface area contributed by atoms with Crippen LogP contribution in [0.5, 0.6) is 0 Å². The Hall–Kier alpha value is -7.42. The summed E-state index contributed by atoms with van der Waals surface area (Å²) in [5.74, 6) is 0. The van der Waals surface area contributed by atoms with Gasteiger partial charge in [-0.15, -0.1) is 0 Å². The fourth-order valence-electron chi connectivity index (χ4n) is 9.83. The van der Waals surface area contributed by atoms with Crippen LogP contribution in [0.3, 0.4) is 0 Å². The molecule has 0 aliphatic carbocycles. The number of para-hydroxylation sites is 3. The van der Waals surface area contributed by atoms with Crippen LogP contribution < -0.4 is 0 Å². The highest BCUT2D eigenvalue weighted by atomic mass is 15.0. The largest absolute Gasteiger partial charge is 0.309 e. The number of aromatic nitrogens is 2. The lowest BCUT2D eigenvalue weighted by atomic mass is 9.88. The Kier molecular flexibility index (Phi) is 7.09. The first-order valence-corrected chi connectivity index (χ1v) is 20.2. The highest BCUT2D eigenvalue weighted by Crippen LogP contribution is 2.42. The monoisotopic (exact) mass is 738 g/mol. The normalized spacial score (nSPS) is 12.0. The van der Waals surface area contributed by atoms with Crippen LogP contribution in [0.15, 0.2) is 194 Å². The van der Waals surface area contributed by atoms with E-state index in [0.29, 0.717) is 0 Å². The van der Waals surface area contributed by atoms with Crippen LogP contribution in [0, 0.1) is 13.8 Å². The lowest BCUT2D eigenvalue weighted by Gasteiger charge is -2.17. The Bertz CT molecular complexity index is 3640. The van der Waals surface area contributed by atoms with Gasteiger partial charge in [0.25, 0.3) is 0 Å². The summed E-state index contributed by atoms with van der Waals surface area (Å²) in [6, 6.07) is 71.8. The molecule has 0 fully saturated rings. The van der Waals surface area contributed by atoms with Crippen molar-refractivity contribution in [2.45, 2.75) is 13.8 Å². The van der Waals surface area contributed by atoms with Gasteiger partial charge in [0.1, 0.15) is 0 Å². The molecule has 0 aliphatic rings. The SMILES string of the molecule is Cc1ccc(-n2c3ccccc3c3cc(-c4ccc5c(c4)c4ccccc4n5-c4ccccc4)ccc32)cc1-c1cc2c3ccccc3c3ccccc3c2cc1C. The molecule has 12 aromatic rings. The zero-order chi connectivity index (χ0) is 38.5. The number of hydrogen-bond donors (Lipinski definition) is 0. The van der Waals surface area contributed by atoms with Crippen LogP contribution in [0.1, 0.15) is 11.1 Å². The quantitative estimate of drug-likeness (QED) is 0.159. The molecule has 0 unspecified atom stereocenters. The number of rotatable bonds is 4. The van der Waals surface area contributed by atoms with Gasteiger partial charge in [-0.2, -0.15) is 0 Å². The molecule has 10 aromatic carbocycles. The molecule has 0 atom stereocenters. The molecule has 0 spiro atoms. The van der Waals surface area contributed by atoms with E-state index in [2.05, 4.69) is 217 Å². The summed E-state index contributed by atoms with van der Waals surface area (Å²) < 4.78 is 4.83. The minimum Gasteiger partial charge on any atom is -0.309 e. The van der Waals surface area contributed by atoms with Gasteiger partial charge in [0.05, 0.1) is 22.1 Å². The second-order valence-electron chi connectivity index (χ2n) is 15.8. The van der Waals surface area contributed by atoms with E-state index in [0.717, 1.165) is 5.69 Å². The van der Waals surface area contributed by atoms with Gasteiger partial charge >= 0.3 is 0 Å². The number of nitrogens with zero attached hydrogens (tertiary/aromatic N) is 2. The van der Waals surface area contributed by atoms with Crippen LogP contribution in [0.4, 0.5) is 0 Å². The van der Waals surface area contributed by atoms with Gasteiger partial charge in [0, 0.05) is 32.9 Å². The molecule has 0 N–H and O–H groups in total. The van der Waals surface area contributed by atoms with Crippen LogP contribution in [0.25, 0.3) is 110 Å². The van der Waals surface area contributed by atoms with E-state index in [4.69, 9.17) is 0 Å². The topological polar surface area (TPSA) is 9.86 Å². The van der Waals surface area contributed by atoms with Crippen molar-refractivity contribution in [1.82, 2.24) is 9.13 Å². The zero-order valence-corrected chi connectivity index (χ0v) is 32.4. The third-order valence-corrected chi connectivity index (χ3v) is 12.6. The molecule has 0 amide bonds. The highest BCUT2D eigenvalue weighted by Gasteiger charge is 2.18. The number of fused-ring (bicyclic) bond motifs is 12. The molecule has 0 saturated carbocycles. The maximum Gasteiger partial charge on any atom is 0.0541 e. The van der Waals surface area contributed by atoms with Gasteiger partial charge in [0.15, 0.2) is 0 Å². The lowest BCUT2D eigenvalue weighted by molar-refractivity contribution is 1.17. The average Bonchev–Trinajstić information content (AvgIpc) is 3.79. The molecule has 2 heteroatoms. The maximum absolute atomic E-state index is 2.45. The molecule has 2 heterocycles. The summed E-state index contributed by atoms with van der Waals surface area (Å²) in [7, 11) is 0. The van der Waals surface area contributed by atoms with E-state index in [1.54, 1.807) is 0 Å². The van der Waals surface area contributed by atoms with E-state index in [9.17, 15) is 0 Å². The molecule has 2 nitrogen and oxygen atoms in total. The fraction of sp³-hybridized carbons (Fsp3) is 0.0357. The molecule has 0 saturated heterocycles. The summed E-state index contributed by atoms with van der Waals surface area (Å²) in [6.07, 6.45) is 0. The molecular weight excluding hydrogens is 701 g/mol. The predicted molar refractivity (Wildman–Crippen MR) is 248 cm³/mol. The second kappa shape index (κ2) is 12.5. The zero-order valence-electron chi connectivity index (χ0n) is 32.4. The van der Waals surface area contributed by atoms with Gasteiger partial charge in [-0.25, -0.2) is 0 Å². The van der Waals surface area contributed by atoms with Crippen molar-refractivity contribution in [1.29, 1.82) is 0 Å². The van der Waals surface area contributed by atoms with E-state index in [-0.39, 0.29) is 0 Å². The standard InChI is InChI=1S/C56H38N2/c1-35-24-27-40(33-47(35)48-34-50-44-19-9-7-17-42(44)41-16-6-8-18-43(41)49(50)30-36(48)2)58-54-23-13-11-21-46(54)52-32-38(26-29-56(52)58)37-25-28-55-51(31-37)45-20-10-12-22-53(45)57(55)39-14-4-3-5-15-39/h3-34H,1-2H3. The van der Waals surface area contributed by atoms with Crippen molar-refractivity contribution >= 4 is 75.9 Å². The first kappa shape index (κ1) is 32.8. The Balaban J connectivity index is 1.02. The summed E-state index contributed by atoms with van der Waals surface area (Å²) in [5, 5.41) is 12.8. The van der Waals surface area contributed by atoms with Crippen molar-refractivity contribution in [3.8, 4) is 33.6 Å². The van der Waals surface area contributed by atoms with Crippen molar-refractivity contribution < 1.29 is 0 Å². The Morgan fingerprint density at radius 2 is 0.690 bits per heavy atom. The third kappa shape index (κ3) is 4.79. The van der Waals surface area contributed by atoms with Crippen LogP contribution in [-0.4, -0.2) is 9.13 Å². The van der Waals surface area contributed by atoms with Gasteiger partial charge in [-0.05, 0) is 146 Å². The summed E-state index contributed by atoms with van der Waals surface area (Å²) in [6.45, 7) is 4.51. The summed E-state index contributed by atoms with van der Waals surface area (Å²) in [4.78, 5) is 0. The Morgan fingerprint density at radius 3 is 1.26 bits per heavy atom. The molecule has 2 aromatic heterocycles. The highest BCUT2D eigenvalue weighted by molar-refractivity contribution is 6.26. The van der Waals surface area contributed by atoms with E-state index in [1.165, 1.54) is 115 Å². The summed E-state index contributed by atoms with van der Waals surface area (Å²) in [5.41, 5.74) is 14.7. The Morgan fingerprint density at radius 1 is 0.259 bits per heavy atom. The van der Waals surface area contributed by atoms with Crippen LogP contribution in [-0.2, 0) is 0 Å². The minimum absolute atomic E-state index is 1.16. The van der Waals surface area contributed by atoms with Gasteiger partial charge in [0.2, 0.25) is 0 Å². The van der Waals surface area contributed by atoms with Gasteiger partial charge < -0.3 is 9.13 Å². The molecule has 272 valence electrons. The van der Waals surface area contributed by atoms with Crippen molar-refractivity contribution in [2.75, 3.05) is 0 Å².